The first kappa shape index (κ1) is 18.5. The van der Waals surface area contributed by atoms with Gasteiger partial charge in [-0.2, -0.15) is 0 Å². The largest absolute Gasteiger partial charge is 0.381 e. The number of hydrogen-bond acceptors (Lipinski definition) is 2. The van der Waals surface area contributed by atoms with Crippen molar-refractivity contribution in [3.8, 4) is 0 Å². The van der Waals surface area contributed by atoms with Gasteiger partial charge in [-0.15, -0.1) is 0 Å². The molecule has 0 aliphatic heterocycles. The Hall–Kier alpha value is -2.84. The first-order valence-corrected chi connectivity index (χ1v) is 8.40. The van der Waals surface area contributed by atoms with Crippen molar-refractivity contribution in [2.75, 3.05) is 19.4 Å². The van der Waals surface area contributed by atoms with E-state index < -0.39 is 0 Å². The second kappa shape index (κ2) is 9.45. The Morgan fingerprint density at radius 2 is 1.48 bits per heavy atom. The van der Waals surface area contributed by atoms with Gasteiger partial charge in [-0.3, -0.25) is 0 Å². The number of anilines is 1. The van der Waals surface area contributed by atoms with E-state index >= 15 is 0 Å². The smallest absolute Gasteiger partial charge is 0.0401 e. The van der Waals surface area contributed by atoms with Gasteiger partial charge in [0, 0.05) is 12.2 Å². The van der Waals surface area contributed by atoms with Gasteiger partial charge in [0.05, 0.1) is 0 Å². The Balaban J connectivity index is 0.000000701. The van der Waals surface area contributed by atoms with E-state index in [0.29, 0.717) is 0 Å². The van der Waals surface area contributed by atoms with Gasteiger partial charge in [0.25, 0.3) is 0 Å². The highest BCUT2D eigenvalue weighted by Crippen LogP contribution is 2.20. The molecule has 0 amide bonds. The highest BCUT2D eigenvalue weighted by atomic mass is 14.9. The van der Waals surface area contributed by atoms with Crippen LogP contribution in [0.1, 0.15) is 16.7 Å². The number of hydrogen-bond donors (Lipinski definition) is 2. The van der Waals surface area contributed by atoms with Crippen molar-refractivity contribution in [1.29, 1.82) is 0 Å². The number of fused-ring (bicyclic) bond motifs is 1. The van der Waals surface area contributed by atoms with E-state index in [0.717, 1.165) is 23.4 Å². The quantitative estimate of drug-likeness (QED) is 0.639. The lowest BCUT2D eigenvalue weighted by Crippen LogP contribution is -1.99. The fourth-order valence-electron chi connectivity index (χ4n) is 2.60. The Bertz CT molecular complexity index is 850. The van der Waals surface area contributed by atoms with Crippen LogP contribution in [0, 0.1) is 0 Å². The normalized spacial score (nSPS) is 9.84. The zero-order chi connectivity index (χ0) is 18.1. The number of rotatable bonds is 5. The lowest BCUT2D eigenvalue weighted by molar-refractivity contribution is 1.02. The van der Waals surface area contributed by atoms with Gasteiger partial charge in [-0.05, 0) is 59.8 Å². The molecule has 3 rings (SSSR count). The molecule has 0 radical (unpaired) electrons. The molecule has 3 aromatic carbocycles. The van der Waals surface area contributed by atoms with Crippen LogP contribution in [0.2, 0.25) is 0 Å². The minimum absolute atomic E-state index is 0.800. The molecular formula is C23H26N2. The van der Waals surface area contributed by atoms with Gasteiger partial charge in [-0.1, -0.05) is 67.8 Å². The Labute approximate surface area is 150 Å². The third kappa shape index (κ3) is 5.07. The lowest BCUT2D eigenvalue weighted by atomic mass is 10.1. The van der Waals surface area contributed by atoms with E-state index in [2.05, 4.69) is 84.5 Å². The predicted octanol–water partition coefficient (Wildman–Crippen LogP) is 5.57. The van der Waals surface area contributed by atoms with Crippen molar-refractivity contribution in [3.63, 3.8) is 0 Å². The van der Waals surface area contributed by atoms with E-state index in [1.165, 1.54) is 16.3 Å². The fourth-order valence-corrected chi connectivity index (χ4v) is 2.60. The molecule has 0 aliphatic carbocycles. The van der Waals surface area contributed by atoms with Gasteiger partial charge in [-0.25, -0.2) is 0 Å². The molecule has 0 bridgehead atoms. The standard InChI is InChI=1S/C21H19N.C2H7N/c1-3-17-11-12-21(14-18(17)4-2)22-15-16-9-10-19-7-5-6-8-20(19)13-16;1-3-2/h3-14,22H,1-2,15H2;3H,1-2H3. The highest BCUT2D eigenvalue weighted by Gasteiger charge is 2.00. The molecule has 0 fully saturated rings. The average molecular weight is 330 g/mol. The Morgan fingerprint density at radius 1 is 0.800 bits per heavy atom. The third-order valence-electron chi connectivity index (χ3n) is 3.84. The minimum Gasteiger partial charge on any atom is -0.381 e. The van der Waals surface area contributed by atoms with Crippen molar-refractivity contribution in [3.05, 3.63) is 90.5 Å². The fraction of sp³-hybridized carbons (Fsp3) is 0.130. The van der Waals surface area contributed by atoms with Crippen LogP contribution in [0.15, 0.2) is 73.8 Å². The second-order valence-corrected chi connectivity index (χ2v) is 5.79. The van der Waals surface area contributed by atoms with Crippen LogP contribution >= 0.6 is 0 Å². The third-order valence-corrected chi connectivity index (χ3v) is 3.84. The van der Waals surface area contributed by atoms with E-state index in [1.807, 2.05) is 26.2 Å². The van der Waals surface area contributed by atoms with Crippen molar-refractivity contribution >= 4 is 28.6 Å². The summed E-state index contributed by atoms with van der Waals surface area (Å²) < 4.78 is 0. The zero-order valence-corrected chi connectivity index (χ0v) is 15.0. The maximum atomic E-state index is 3.86. The molecule has 0 saturated carbocycles. The summed E-state index contributed by atoms with van der Waals surface area (Å²) in [5, 5.41) is 8.77. The van der Waals surface area contributed by atoms with Crippen LogP contribution in [0.3, 0.4) is 0 Å². The molecular weight excluding hydrogens is 304 g/mol. The predicted molar refractivity (Wildman–Crippen MR) is 113 cm³/mol. The zero-order valence-electron chi connectivity index (χ0n) is 15.0. The van der Waals surface area contributed by atoms with Crippen LogP contribution in [0.5, 0.6) is 0 Å². The second-order valence-electron chi connectivity index (χ2n) is 5.79. The highest BCUT2D eigenvalue weighted by molar-refractivity contribution is 5.83. The summed E-state index contributed by atoms with van der Waals surface area (Å²) in [4.78, 5) is 0. The molecule has 0 spiro atoms. The van der Waals surface area contributed by atoms with Crippen LogP contribution in [-0.2, 0) is 6.54 Å². The molecule has 0 heterocycles. The summed E-state index contributed by atoms with van der Waals surface area (Å²) >= 11 is 0. The maximum Gasteiger partial charge on any atom is 0.0401 e. The number of nitrogens with one attached hydrogen (secondary N) is 2. The minimum atomic E-state index is 0.800. The first-order chi connectivity index (χ1) is 12.2. The molecule has 0 saturated heterocycles. The van der Waals surface area contributed by atoms with Gasteiger partial charge in [0.15, 0.2) is 0 Å². The summed E-state index contributed by atoms with van der Waals surface area (Å²) in [7, 11) is 3.75. The topological polar surface area (TPSA) is 24.1 Å². The van der Waals surface area contributed by atoms with Gasteiger partial charge < -0.3 is 10.6 Å². The van der Waals surface area contributed by atoms with Crippen molar-refractivity contribution in [2.45, 2.75) is 6.54 Å². The van der Waals surface area contributed by atoms with Gasteiger partial charge in [0.2, 0.25) is 0 Å². The summed E-state index contributed by atoms with van der Waals surface area (Å²) in [6.45, 7) is 8.48. The number of benzene rings is 3. The molecule has 128 valence electrons. The van der Waals surface area contributed by atoms with E-state index in [-0.39, 0.29) is 0 Å². The molecule has 2 nitrogen and oxygen atoms in total. The molecule has 2 heteroatoms. The first-order valence-electron chi connectivity index (χ1n) is 8.40. The van der Waals surface area contributed by atoms with E-state index in [9.17, 15) is 0 Å². The molecule has 0 atom stereocenters. The molecule has 0 aliphatic rings. The van der Waals surface area contributed by atoms with Crippen LogP contribution < -0.4 is 10.6 Å². The SMILES string of the molecule is C=Cc1ccc(NCc2ccc3ccccc3c2)cc1C=C.CNC. The van der Waals surface area contributed by atoms with Crippen LogP contribution in [-0.4, -0.2) is 14.1 Å². The average Bonchev–Trinajstić information content (AvgIpc) is 2.66. The molecule has 0 unspecified atom stereocenters. The van der Waals surface area contributed by atoms with E-state index in [1.54, 1.807) is 0 Å². The van der Waals surface area contributed by atoms with Gasteiger partial charge >= 0.3 is 0 Å². The summed E-state index contributed by atoms with van der Waals surface area (Å²) in [5.41, 5.74) is 4.56. The summed E-state index contributed by atoms with van der Waals surface area (Å²) in [6, 6.07) is 21.2. The molecule has 0 aromatic heterocycles. The summed E-state index contributed by atoms with van der Waals surface area (Å²) in [6.07, 6.45) is 3.71. The Morgan fingerprint density at radius 3 is 2.16 bits per heavy atom. The monoisotopic (exact) mass is 330 g/mol. The van der Waals surface area contributed by atoms with Crippen molar-refractivity contribution in [1.82, 2.24) is 5.32 Å². The Kier molecular flexibility index (Phi) is 7.00. The van der Waals surface area contributed by atoms with E-state index in [4.69, 9.17) is 0 Å². The summed E-state index contributed by atoms with van der Waals surface area (Å²) in [5.74, 6) is 0. The van der Waals surface area contributed by atoms with Crippen molar-refractivity contribution in [2.24, 2.45) is 0 Å². The molecule has 2 N–H and O–H groups in total. The maximum absolute atomic E-state index is 3.86. The van der Waals surface area contributed by atoms with Crippen molar-refractivity contribution < 1.29 is 0 Å². The van der Waals surface area contributed by atoms with Crippen LogP contribution in [0.25, 0.3) is 22.9 Å². The van der Waals surface area contributed by atoms with Gasteiger partial charge in [0.1, 0.15) is 0 Å². The van der Waals surface area contributed by atoms with Crippen LogP contribution in [0.4, 0.5) is 5.69 Å². The lowest BCUT2D eigenvalue weighted by Gasteiger charge is -2.10. The molecule has 3 aromatic rings. The molecule has 25 heavy (non-hydrogen) atoms.